The third kappa shape index (κ3) is 2.04. The van der Waals surface area contributed by atoms with Crippen LogP contribution in [-0.4, -0.2) is 46.2 Å². The van der Waals surface area contributed by atoms with E-state index in [2.05, 4.69) is 0 Å². The molecule has 6 nitrogen and oxygen atoms in total. The second-order valence-electron chi connectivity index (χ2n) is 4.61. The molecule has 2 amide bonds. The van der Waals surface area contributed by atoms with Crippen LogP contribution in [0.5, 0.6) is 0 Å². The minimum absolute atomic E-state index is 0.0926. The highest BCUT2D eigenvalue weighted by atomic mass is 16.2. The van der Waals surface area contributed by atoms with E-state index in [9.17, 15) is 14.4 Å². The van der Waals surface area contributed by atoms with Crippen LogP contribution in [0, 0.1) is 0 Å². The molecule has 2 atom stereocenters. The van der Waals surface area contributed by atoms with Crippen LogP contribution in [-0.2, 0) is 14.4 Å². The summed E-state index contributed by atoms with van der Waals surface area (Å²) < 4.78 is 0. The summed E-state index contributed by atoms with van der Waals surface area (Å²) in [6.45, 7) is 1.95. The Kier molecular flexibility index (Phi) is 3.15. The van der Waals surface area contributed by atoms with Crippen molar-refractivity contribution in [2.45, 2.75) is 44.7 Å². The summed E-state index contributed by atoms with van der Waals surface area (Å²) >= 11 is 0. The average molecular weight is 239 g/mol. The molecule has 0 unspecified atom stereocenters. The molecule has 2 saturated heterocycles. The van der Waals surface area contributed by atoms with Gasteiger partial charge in [-0.05, 0) is 26.2 Å². The van der Waals surface area contributed by atoms with Crippen molar-refractivity contribution in [2.75, 3.05) is 6.54 Å². The van der Waals surface area contributed by atoms with E-state index >= 15 is 0 Å². The van der Waals surface area contributed by atoms with Gasteiger partial charge in [0.1, 0.15) is 6.04 Å². The zero-order valence-electron chi connectivity index (χ0n) is 9.89. The van der Waals surface area contributed by atoms with Gasteiger partial charge in [-0.25, -0.2) is 5.01 Å². The van der Waals surface area contributed by atoms with Crippen LogP contribution in [0.3, 0.4) is 0 Å². The summed E-state index contributed by atoms with van der Waals surface area (Å²) in [6.07, 6.45) is 1.98. The first-order chi connectivity index (χ1) is 8.02. The van der Waals surface area contributed by atoms with Crippen LogP contribution < -0.4 is 5.73 Å². The number of ketones is 1. The number of hydrogen-bond donors (Lipinski definition) is 1. The van der Waals surface area contributed by atoms with E-state index in [-0.39, 0.29) is 24.0 Å². The van der Waals surface area contributed by atoms with Crippen LogP contribution in [0.1, 0.15) is 32.6 Å². The lowest BCUT2D eigenvalue weighted by atomic mass is 10.0. The Morgan fingerprint density at radius 3 is 2.71 bits per heavy atom. The van der Waals surface area contributed by atoms with Crippen molar-refractivity contribution in [3.63, 3.8) is 0 Å². The van der Waals surface area contributed by atoms with Gasteiger partial charge >= 0.3 is 0 Å². The molecular formula is C11H17N3O3. The van der Waals surface area contributed by atoms with Gasteiger partial charge in [-0.3, -0.25) is 19.4 Å². The Morgan fingerprint density at radius 2 is 2.06 bits per heavy atom. The Hall–Kier alpha value is -1.43. The van der Waals surface area contributed by atoms with Gasteiger partial charge in [-0.15, -0.1) is 0 Å². The van der Waals surface area contributed by atoms with E-state index in [4.69, 9.17) is 5.73 Å². The predicted molar refractivity (Wildman–Crippen MR) is 59.5 cm³/mol. The van der Waals surface area contributed by atoms with Crippen molar-refractivity contribution in [3.8, 4) is 0 Å². The highest BCUT2D eigenvalue weighted by molar-refractivity contribution is 5.93. The van der Waals surface area contributed by atoms with Gasteiger partial charge in [0.15, 0.2) is 5.78 Å². The Morgan fingerprint density at radius 1 is 1.35 bits per heavy atom. The maximum Gasteiger partial charge on any atom is 0.258 e. The first-order valence-electron chi connectivity index (χ1n) is 5.91. The monoisotopic (exact) mass is 239 g/mol. The van der Waals surface area contributed by atoms with Gasteiger partial charge in [-0.1, -0.05) is 0 Å². The number of amides is 2. The van der Waals surface area contributed by atoms with E-state index in [1.807, 2.05) is 0 Å². The quantitative estimate of drug-likeness (QED) is 0.664. The summed E-state index contributed by atoms with van der Waals surface area (Å²) in [5.41, 5.74) is 5.73. The van der Waals surface area contributed by atoms with Gasteiger partial charge < -0.3 is 5.73 Å². The third-order valence-electron chi connectivity index (χ3n) is 3.37. The Bertz CT molecular complexity index is 369. The fraction of sp³-hybridized carbons (Fsp3) is 0.727. The van der Waals surface area contributed by atoms with Crippen LogP contribution >= 0.6 is 0 Å². The lowest BCUT2D eigenvalue weighted by molar-refractivity contribution is -0.174. The van der Waals surface area contributed by atoms with Crippen molar-refractivity contribution in [2.24, 2.45) is 5.73 Å². The maximum atomic E-state index is 12.1. The number of hydrazine groups is 1. The smallest absolute Gasteiger partial charge is 0.258 e. The van der Waals surface area contributed by atoms with Crippen LogP contribution in [0.15, 0.2) is 0 Å². The molecule has 0 saturated carbocycles. The van der Waals surface area contributed by atoms with Gasteiger partial charge in [0.05, 0.1) is 6.04 Å². The molecule has 2 aliphatic rings. The van der Waals surface area contributed by atoms with Crippen molar-refractivity contribution in [1.29, 1.82) is 0 Å². The number of hydrogen-bond acceptors (Lipinski definition) is 4. The molecule has 17 heavy (non-hydrogen) atoms. The minimum atomic E-state index is -0.677. The van der Waals surface area contributed by atoms with E-state index < -0.39 is 12.1 Å². The molecule has 2 heterocycles. The summed E-state index contributed by atoms with van der Waals surface area (Å²) in [5.74, 6) is -0.516. The standard InChI is InChI=1S/C11H17N3O3/c1-7(15)9-3-2-6-13-10(16)5-4-8(12)11(17)14(9)13/h8-9H,2-6,12H2,1H3/t8-,9-/m0/s1. The van der Waals surface area contributed by atoms with Gasteiger partial charge in [0.2, 0.25) is 5.91 Å². The van der Waals surface area contributed by atoms with Crippen molar-refractivity contribution in [1.82, 2.24) is 10.0 Å². The van der Waals surface area contributed by atoms with E-state index in [1.54, 1.807) is 0 Å². The summed E-state index contributed by atoms with van der Waals surface area (Å²) in [7, 11) is 0. The highest BCUT2D eigenvalue weighted by Gasteiger charge is 2.41. The number of carbonyl (C=O) groups excluding carboxylic acids is 3. The first kappa shape index (κ1) is 12.0. The van der Waals surface area contributed by atoms with E-state index in [0.717, 1.165) is 6.42 Å². The summed E-state index contributed by atoms with van der Waals surface area (Å²) in [6, 6.07) is -1.20. The number of rotatable bonds is 1. The molecule has 0 spiro atoms. The van der Waals surface area contributed by atoms with Crippen molar-refractivity contribution < 1.29 is 14.4 Å². The lowest BCUT2D eigenvalue weighted by Gasteiger charge is -2.42. The summed E-state index contributed by atoms with van der Waals surface area (Å²) in [4.78, 5) is 35.5. The van der Waals surface area contributed by atoms with Crippen LogP contribution in [0.25, 0.3) is 0 Å². The molecule has 0 aliphatic carbocycles. The Balaban J connectivity index is 2.34. The van der Waals surface area contributed by atoms with Crippen LogP contribution in [0.4, 0.5) is 0 Å². The first-order valence-corrected chi connectivity index (χ1v) is 5.91. The Labute approximate surface area is 99.7 Å². The molecule has 0 aromatic rings. The van der Waals surface area contributed by atoms with Crippen molar-refractivity contribution >= 4 is 17.6 Å². The maximum absolute atomic E-state index is 12.1. The van der Waals surface area contributed by atoms with Gasteiger partial charge in [0, 0.05) is 13.0 Å². The molecule has 0 radical (unpaired) electrons. The largest absolute Gasteiger partial charge is 0.320 e. The lowest BCUT2D eigenvalue weighted by Crippen LogP contribution is -2.61. The predicted octanol–water partition coefficient (Wildman–Crippen LogP) is -0.569. The fourth-order valence-electron chi connectivity index (χ4n) is 2.43. The number of fused-ring (bicyclic) bond motifs is 1. The molecule has 0 bridgehead atoms. The molecule has 0 aromatic carbocycles. The summed E-state index contributed by atoms with van der Waals surface area (Å²) in [5, 5.41) is 2.70. The molecule has 2 aliphatic heterocycles. The second kappa shape index (κ2) is 4.44. The van der Waals surface area contributed by atoms with Crippen molar-refractivity contribution in [3.05, 3.63) is 0 Å². The second-order valence-corrected chi connectivity index (χ2v) is 4.61. The number of carbonyl (C=O) groups is 3. The molecule has 2 fully saturated rings. The molecule has 6 heteroatoms. The zero-order valence-corrected chi connectivity index (χ0v) is 9.89. The molecule has 94 valence electrons. The van der Waals surface area contributed by atoms with Crippen LogP contribution in [0.2, 0.25) is 0 Å². The van der Waals surface area contributed by atoms with E-state index in [1.165, 1.54) is 16.9 Å². The zero-order chi connectivity index (χ0) is 12.6. The molecular weight excluding hydrogens is 222 g/mol. The number of nitrogens with two attached hydrogens (primary N) is 1. The third-order valence-corrected chi connectivity index (χ3v) is 3.37. The average Bonchev–Trinajstić information content (AvgIpc) is 2.42. The molecule has 2 rings (SSSR count). The molecule has 2 N–H and O–H groups in total. The fourth-order valence-corrected chi connectivity index (χ4v) is 2.43. The molecule has 0 aromatic heterocycles. The highest BCUT2D eigenvalue weighted by Crippen LogP contribution is 2.24. The SMILES string of the molecule is CC(=O)[C@@H]1CCCN2C(=O)CC[C@H](N)C(=O)N12. The normalized spacial score (nSPS) is 30.0. The van der Waals surface area contributed by atoms with E-state index in [0.29, 0.717) is 19.4 Å². The number of nitrogens with zero attached hydrogens (tertiary/aromatic N) is 2. The topological polar surface area (TPSA) is 83.7 Å². The van der Waals surface area contributed by atoms with Gasteiger partial charge in [-0.2, -0.15) is 0 Å². The van der Waals surface area contributed by atoms with Gasteiger partial charge in [0.25, 0.3) is 5.91 Å². The number of Topliss-reactive ketones (excluding diaryl/α,β-unsaturated/α-hetero) is 1. The minimum Gasteiger partial charge on any atom is -0.320 e.